The number of benzene rings is 1. The first-order valence-corrected chi connectivity index (χ1v) is 10.3. The summed E-state index contributed by atoms with van der Waals surface area (Å²) in [5.41, 5.74) is 1.04. The number of rotatable bonds is 8. The number of amides is 2. The van der Waals surface area contributed by atoms with E-state index in [-0.39, 0.29) is 28.3 Å². The van der Waals surface area contributed by atoms with E-state index >= 15 is 0 Å². The molecule has 1 aliphatic heterocycles. The fourth-order valence-corrected chi connectivity index (χ4v) is 4.07. The van der Waals surface area contributed by atoms with Gasteiger partial charge in [-0.1, -0.05) is 29.4 Å². The molecule has 0 spiro atoms. The third kappa shape index (κ3) is 5.15. The number of nitro groups is 1. The van der Waals surface area contributed by atoms with E-state index in [2.05, 4.69) is 11.2 Å². The van der Waals surface area contributed by atoms with Crippen LogP contribution in [-0.4, -0.2) is 47.4 Å². The molecule has 8 nitrogen and oxygen atoms in total. The Morgan fingerprint density at radius 2 is 2.07 bits per heavy atom. The van der Waals surface area contributed by atoms with Gasteiger partial charge in [-0.3, -0.25) is 19.7 Å². The molecule has 0 saturated carbocycles. The molecule has 2 heterocycles. The third-order valence-corrected chi connectivity index (χ3v) is 5.78. The first-order chi connectivity index (χ1) is 14.5. The van der Waals surface area contributed by atoms with E-state index in [9.17, 15) is 19.7 Å². The summed E-state index contributed by atoms with van der Waals surface area (Å²) in [5, 5.41) is 13.6. The van der Waals surface area contributed by atoms with E-state index in [1.54, 1.807) is 0 Å². The largest absolute Gasteiger partial charge is 0.481 e. The second kappa shape index (κ2) is 9.89. The molecule has 1 fully saturated rings. The Bertz CT molecular complexity index is 964. The predicted octanol–water partition coefficient (Wildman–Crippen LogP) is 2.63. The molecule has 1 N–H and O–H groups in total. The Balaban J connectivity index is 1.52. The highest BCUT2D eigenvalue weighted by molar-refractivity contribution is 7.17. The summed E-state index contributed by atoms with van der Waals surface area (Å²) in [6.07, 6.45) is 7.09. The van der Waals surface area contributed by atoms with Crippen LogP contribution < -0.4 is 10.1 Å². The Kier molecular flexibility index (Phi) is 7.03. The normalized spacial score (nSPS) is 15.4. The van der Waals surface area contributed by atoms with Gasteiger partial charge in [-0.2, -0.15) is 0 Å². The minimum atomic E-state index is -0.557. The maximum absolute atomic E-state index is 12.7. The molecule has 2 aromatic rings. The summed E-state index contributed by atoms with van der Waals surface area (Å²) < 4.78 is 5.33. The molecule has 0 radical (unpaired) electrons. The number of ether oxygens (including phenoxy) is 1. The summed E-state index contributed by atoms with van der Waals surface area (Å²) in [6.45, 7) is 1.11. The average molecular weight is 427 g/mol. The van der Waals surface area contributed by atoms with Gasteiger partial charge in [-0.25, -0.2) is 0 Å². The van der Waals surface area contributed by atoms with Crippen molar-refractivity contribution in [3.8, 4) is 18.1 Å². The van der Waals surface area contributed by atoms with Gasteiger partial charge < -0.3 is 15.0 Å². The molecule has 1 unspecified atom stereocenters. The average Bonchev–Trinajstić information content (AvgIpc) is 3.42. The van der Waals surface area contributed by atoms with E-state index < -0.39 is 11.0 Å². The molecule has 1 aromatic heterocycles. The lowest BCUT2D eigenvalue weighted by molar-refractivity contribution is -0.380. The second-order valence-electron chi connectivity index (χ2n) is 6.73. The van der Waals surface area contributed by atoms with Gasteiger partial charge in [0.25, 0.3) is 5.91 Å². The van der Waals surface area contributed by atoms with Gasteiger partial charge in [0.05, 0.1) is 9.80 Å². The van der Waals surface area contributed by atoms with Crippen molar-refractivity contribution in [1.29, 1.82) is 0 Å². The number of hydrogen-bond acceptors (Lipinski definition) is 6. The van der Waals surface area contributed by atoms with Crippen LogP contribution in [0.4, 0.5) is 5.00 Å². The van der Waals surface area contributed by atoms with Crippen LogP contribution in [0.5, 0.6) is 5.75 Å². The van der Waals surface area contributed by atoms with E-state index in [1.165, 1.54) is 17.0 Å². The molecular weight excluding hydrogens is 406 g/mol. The topological polar surface area (TPSA) is 102 Å². The van der Waals surface area contributed by atoms with Crippen molar-refractivity contribution in [2.24, 2.45) is 0 Å². The standard InChI is InChI=1S/C21H21N3O5S/c1-2-14-29-16-7-5-15(6-8-16)11-12-22-20(25)17-4-3-13-23(17)21(26)18-9-10-19(30-18)24(27)28/h1,5-10,17H,3-4,11-14H2,(H,22,25). The van der Waals surface area contributed by atoms with Gasteiger partial charge in [-0.15, -0.1) is 6.42 Å². The van der Waals surface area contributed by atoms with Crippen molar-refractivity contribution < 1.29 is 19.2 Å². The molecule has 3 rings (SSSR count). The van der Waals surface area contributed by atoms with Crippen LogP contribution in [0.1, 0.15) is 28.1 Å². The molecule has 9 heteroatoms. The molecule has 0 bridgehead atoms. The maximum Gasteiger partial charge on any atom is 0.324 e. The molecule has 0 aliphatic carbocycles. The van der Waals surface area contributed by atoms with Gasteiger partial charge >= 0.3 is 5.00 Å². The third-order valence-electron chi connectivity index (χ3n) is 4.76. The fourth-order valence-electron chi connectivity index (χ4n) is 3.29. The van der Waals surface area contributed by atoms with Crippen molar-refractivity contribution in [2.75, 3.05) is 19.7 Å². The minimum absolute atomic E-state index is 0.0887. The number of likely N-dealkylation sites (tertiary alicyclic amines) is 1. The van der Waals surface area contributed by atoms with Crippen molar-refractivity contribution >= 4 is 28.2 Å². The lowest BCUT2D eigenvalue weighted by atomic mass is 10.1. The zero-order valence-electron chi connectivity index (χ0n) is 16.2. The van der Waals surface area contributed by atoms with Gasteiger partial charge in [0.15, 0.2) is 0 Å². The molecule has 1 aromatic carbocycles. The Morgan fingerprint density at radius 1 is 1.30 bits per heavy atom. The molecule has 2 amide bonds. The van der Waals surface area contributed by atoms with Crippen LogP contribution in [0.25, 0.3) is 0 Å². The van der Waals surface area contributed by atoms with Gasteiger partial charge in [0.2, 0.25) is 5.91 Å². The monoisotopic (exact) mass is 427 g/mol. The number of nitrogens with one attached hydrogen (secondary N) is 1. The highest BCUT2D eigenvalue weighted by Crippen LogP contribution is 2.28. The summed E-state index contributed by atoms with van der Waals surface area (Å²) in [5.74, 6) is 2.55. The second-order valence-corrected chi connectivity index (χ2v) is 7.79. The maximum atomic E-state index is 12.7. The number of hydrogen-bond donors (Lipinski definition) is 1. The van der Waals surface area contributed by atoms with Crippen molar-refractivity contribution in [3.05, 3.63) is 57.0 Å². The Hall–Kier alpha value is -3.38. The molecule has 1 atom stereocenters. The van der Waals surface area contributed by atoms with Crippen LogP contribution in [0.3, 0.4) is 0 Å². The summed E-state index contributed by atoms with van der Waals surface area (Å²) in [6, 6.07) is 9.66. The van der Waals surface area contributed by atoms with Gasteiger partial charge in [0.1, 0.15) is 18.4 Å². The summed E-state index contributed by atoms with van der Waals surface area (Å²) >= 11 is 0.828. The highest BCUT2D eigenvalue weighted by atomic mass is 32.1. The van der Waals surface area contributed by atoms with Crippen LogP contribution >= 0.6 is 11.3 Å². The van der Waals surface area contributed by atoms with E-state index in [4.69, 9.17) is 11.2 Å². The zero-order chi connectivity index (χ0) is 21.5. The van der Waals surface area contributed by atoms with Gasteiger partial charge in [-0.05, 0) is 43.0 Å². The molecular formula is C21H21N3O5S. The first kappa shape index (κ1) is 21.3. The minimum Gasteiger partial charge on any atom is -0.481 e. The molecule has 30 heavy (non-hydrogen) atoms. The number of terminal acetylenes is 1. The zero-order valence-corrected chi connectivity index (χ0v) is 17.0. The number of thiophene rings is 1. The SMILES string of the molecule is C#CCOc1ccc(CCNC(=O)C2CCCN2C(=O)c2ccc([N+](=O)[O-])s2)cc1. The van der Waals surface area contributed by atoms with Gasteiger partial charge in [0, 0.05) is 19.2 Å². The van der Waals surface area contributed by atoms with Crippen LogP contribution in [-0.2, 0) is 11.2 Å². The number of carbonyl (C=O) groups is 2. The predicted molar refractivity (Wildman–Crippen MR) is 113 cm³/mol. The Morgan fingerprint density at radius 3 is 2.73 bits per heavy atom. The molecule has 1 aliphatic rings. The molecule has 1 saturated heterocycles. The van der Waals surface area contributed by atoms with Crippen molar-refractivity contribution in [2.45, 2.75) is 25.3 Å². The van der Waals surface area contributed by atoms with Crippen LogP contribution in [0.2, 0.25) is 0 Å². The van der Waals surface area contributed by atoms with E-state index in [1.807, 2.05) is 24.3 Å². The lowest BCUT2D eigenvalue weighted by Gasteiger charge is -2.23. The first-order valence-electron chi connectivity index (χ1n) is 9.47. The smallest absolute Gasteiger partial charge is 0.324 e. The molecule has 156 valence electrons. The Labute approximate surface area is 178 Å². The summed E-state index contributed by atoms with van der Waals surface area (Å²) in [7, 11) is 0. The van der Waals surface area contributed by atoms with Crippen molar-refractivity contribution in [3.63, 3.8) is 0 Å². The van der Waals surface area contributed by atoms with E-state index in [0.717, 1.165) is 23.3 Å². The quantitative estimate of drug-likeness (QED) is 0.396. The highest BCUT2D eigenvalue weighted by Gasteiger charge is 2.35. The van der Waals surface area contributed by atoms with Crippen molar-refractivity contribution in [1.82, 2.24) is 10.2 Å². The summed E-state index contributed by atoms with van der Waals surface area (Å²) in [4.78, 5) is 37.4. The van der Waals surface area contributed by atoms with Crippen LogP contribution in [0, 0.1) is 22.5 Å². The van der Waals surface area contributed by atoms with E-state index in [0.29, 0.717) is 31.7 Å². The number of carbonyl (C=O) groups excluding carboxylic acids is 2. The number of nitrogens with zero attached hydrogens (tertiary/aromatic N) is 2. The lowest BCUT2D eigenvalue weighted by Crippen LogP contribution is -2.46. The fraction of sp³-hybridized carbons (Fsp3) is 0.333. The van der Waals surface area contributed by atoms with Crippen LogP contribution in [0.15, 0.2) is 36.4 Å².